The standard InChI is InChI=1S/C15H13ClN2O2S/c1-10-2-8-13(9-3-10)20-15(19)18-14(21)17-12-6-4-11(16)5-7-12/h2-9H,1H3,(H2,17,18,19,21). The van der Waals surface area contributed by atoms with Gasteiger partial charge >= 0.3 is 6.09 Å². The Bertz CT molecular complexity index is 584. The monoisotopic (exact) mass is 320 g/mol. The van der Waals surface area contributed by atoms with E-state index in [0.29, 0.717) is 10.8 Å². The lowest BCUT2D eigenvalue weighted by Crippen LogP contribution is -2.36. The van der Waals surface area contributed by atoms with Crippen LogP contribution in [0.3, 0.4) is 0 Å². The topological polar surface area (TPSA) is 50.4 Å². The van der Waals surface area contributed by atoms with Gasteiger partial charge in [0.05, 0.1) is 0 Å². The summed E-state index contributed by atoms with van der Waals surface area (Å²) in [6.45, 7) is 1.95. The van der Waals surface area contributed by atoms with Crippen LogP contribution in [0.25, 0.3) is 0 Å². The molecule has 0 aliphatic carbocycles. The van der Waals surface area contributed by atoms with Gasteiger partial charge in [0, 0.05) is 10.7 Å². The van der Waals surface area contributed by atoms with E-state index in [9.17, 15) is 4.79 Å². The summed E-state index contributed by atoms with van der Waals surface area (Å²) < 4.78 is 5.10. The Balaban J connectivity index is 1.85. The molecule has 0 aliphatic rings. The Morgan fingerprint density at radius 1 is 1.10 bits per heavy atom. The number of ether oxygens (including phenoxy) is 1. The molecule has 2 aromatic carbocycles. The molecule has 2 aromatic rings. The van der Waals surface area contributed by atoms with Crippen molar-refractivity contribution in [3.05, 3.63) is 59.1 Å². The lowest BCUT2D eigenvalue weighted by molar-refractivity contribution is 0.206. The number of carbonyl (C=O) groups excluding carboxylic acids is 1. The van der Waals surface area contributed by atoms with E-state index >= 15 is 0 Å². The first-order valence-electron chi connectivity index (χ1n) is 6.15. The molecule has 4 nitrogen and oxygen atoms in total. The molecule has 1 amide bonds. The molecule has 0 heterocycles. The molecule has 0 aromatic heterocycles. The van der Waals surface area contributed by atoms with Gasteiger partial charge in [0.1, 0.15) is 5.75 Å². The van der Waals surface area contributed by atoms with Gasteiger partial charge in [0.15, 0.2) is 5.11 Å². The van der Waals surface area contributed by atoms with Crippen molar-refractivity contribution in [1.29, 1.82) is 0 Å². The van der Waals surface area contributed by atoms with Crippen molar-refractivity contribution in [2.24, 2.45) is 0 Å². The zero-order valence-electron chi connectivity index (χ0n) is 11.2. The fraction of sp³-hybridized carbons (Fsp3) is 0.0667. The molecule has 0 spiro atoms. The van der Waals surface area contributed by atoms with Crippen molar-refractivity contribution >= 4 is 40.7 Å². The molecule has 0 radical (unpaired) electrons. The van der Waals surface area contributed by atoms with Crippen molar-refractivity contribution in [2.45, 2.75) is 6.92 Å². The van der Waals surface area contributed by atoms with Gasteiger partial charge in [-0.25, -0.2) is 4.79 Å². The summed E-state index contributed by atoms with van der Waals surface area (Å²) in [6, 6.07) is 14.1. The molecule has 0 unspecified atom stereocenters. The Morgan fingerprint density at radius 3 is 2.33 bits per heavy atom. The fourth-order valence-electron chi connectivity index (χ4n) is 1.53. The molecule has 0 bridgehead atoms. The summed E-state index contributed by atoms with van der Waals surface area (Å²) in [7, 11) is 0. The summed E-state index contributed by atoms with van der Waals surface area (Å²) in [5.74, 6) is 0.451. The highest BCUT2D eigenvalue weighted by Gasteiger charge is 2.07. The van der Waals surface area contributed by atoms with Crippen molar-refractivity contribution in [3.8, 4) is 5.75 Å². The first-order chi connectivity index (χ1) is 10.0. The van der Waals surface area contributed by atoms with Crippen LogP contribution >= 0.6 is 23.8 Å². The first-order valence-corrected chi connectivity index (χ1v) is 6.93. The molecule has 6 heteroatoms. The van der Waals surface area contributed by atoms with E-state index in [4.69, 9.17) is 28.6 Å². The quantitative estimate of drug-likeness (QED) is 0.817. The molecular formula is C15H13ClN2O2S. The van der Waals surface area contributed by atoms with Crippen LogP contribution in [0.4, 0.5) is 10.5 Å². The molecule has 0 aliphatic heterocycles. The molecule has 2 N–H and O–H groups in total. The van der Waals surface area contributed by atoms with Crippen LogP contribution in [0.1, 0.15) is 5.56 Å². The number of anilines is 1. The van der Waals surface area contributed by atoms with Gasteiger partial charge in [-0.3, -0.25) is 5.32 Å². The number of hydrogen-bond acceptors (Lipinski definition) is 3. The van der Waals surface area contributed by atoms with Gasteiger partial charge in [-0.1, -0.05) is 29.3 Å². The number of nitrogens with one attached hydrogen (secondary N) is 2. The fourth-order valence-corrected chi connectivity index (χ4v) is 1.85. The summed E-state index contributed by atoms with van der Waals surface area (Å²) in [5, 5.41) is 6.06. The third-order valence-electron chi connectivity index (χ3n) is 2.55. The smallest absolute Gasteiger partial charge is 0.410 e. The van der Waals surface area contributed by atoms with Gasteiger partial charge in [-0.05, 0) is 55.5 Å². The average molecular weight is 321 g/mol. The van der Waals surface area contributed by atoms with Crippen LogP contribution < -0.4 is 15.4 Å². The zero-order valence-corrected chi connectivity index (χ0v) is 12.8. The highest BCUT2D eigenvalue weighted by molar-refractivity contribution is 7.80. The van der Waals surface area contributed by atoms with Crippen LogP contribution in [0.5, 0.6) is 5.75 Å². The van der Waals surface area contributed by atoms with Crippen molar-refractivity contribution < 1.29 is 9.53 Å². The maximum atomic E-state index is 11.7. The first kappa shape index (κ1) is 15.3. The van der Waals surface area contributed by atoms with Crippen LogP contribution in [0, 0.1) is 6.92 Å². The van der Waals surface area contributed by atoms with Crippen molar-refractivity contribution in [3.63, 3.8) is 0 Å². The minimum absolute atomic E-state index is 0.148. The number of benzene rings is 2. The van der Waals surface area contributed by atoms with Gasteiger partial charge in [-0.15, -0.1) is 0 Å². The average Bonchev–Trinajstić information content (AvgIpc) is 2.44. The summed E-state index contributed by atoms with van der Waals surface area (Å²) in [4.78, 5) is 11.7. The number of rotatable bonds is 2. The molecule has 0 saturated heterocycles. The molecule has 0 atom stereocenters. The highest BCUT2D eigenvalue weighted by atomic mass is 35.5. The maximum absolute atomic E-state index is 11.7. The van der Waals surface area contributed by atoms with Crippen LogP contribution in [0.2, 0.25) is 5.02 Å². The number of aryl methyl sites for hydroxylation is 1. The summed E-state index contributed by atoms with van der Waals surface area (Å²) in [6.07, 6.45) is -0.648. The lowest BCUT2D eigenvalue weighted by Gasteiger charge is -2.10. The number of thiocarbonyl (C=S) groups is 1. The van der Waals surface area contributed by atoms with E-state index in [1.54, 1.807) is 36.4 Å². The second-order valence-corrected chi connectivity index (χ2v) is 5.13. The lowest BCUT2D eigenvalue weighted by atomic mass is 10.2. The van der Waals surface area contributed by atoms with Gasteiger partial charge < -0.3 is 10.1 Å². The maximum Gasteiger partial charge on any atom is 0.418 e. The van der Waals surface area contributed by atoms with E-state index < -0.39 is 6.09 Å². The summed E-state index contributed by atoms with van der Waals surface area (Å²) >= 11 is 10.8. The predicted molar refractivity (Wildman–Crippen MR) is 88.0 cm³/mol. The minimum atomic E-state index is -0.648. The van der Waals surface area contributed by atoms with E-state index in [2.05, 4.69) is 10.6 Å². The Hall–Kier alpha value is -2.11. The van der Waals surface area contributed by atoms with E-state index in [1.165, 1.54) is 0 Å². The third-order valence-corrected chi connectivity index (χ3v) is 3.01. The second-order valence-electron chi connectivity index (χ2n) is 4.29. The highest BCUT2D eigenvalue weighted by Crippen LogP contribution is 2.13. The molecule has 21 heavy (non-hydrogen) atoms. The molecule has 0 saturated carbocycles. The van der Waals surface area contributed by atoms with E-state index in [0.717, 1.165) is 11.3 Å². The Kier molecular flexibility index (Phi) is 5.14. The Labute approximate surface area is 133 Å². The van der Waals surface area contributed by atoms with Crippen LogP contribution in [0.15, 0.2) is 48.5 Å². The molecule has 2 rings (SSSR count). The number of amides is 1. The number of hydrogen-bond donors (Lipinski definition) is 2. The van der Waals surface area contributed by atoms with Gasteiger partial charge in [0.25, 0.3) is 0 Å². The van der Waals surface area contributed by atoms with Crippen molar-refractivity contribution in [2.75, 3.05) is 5.32 Å². The third kappa shape index (κ3) is 5.06. The predicted octanol–water partition coefficient (Wildman–Crippen LogP) is 4.13. The van der Waals surface area contributed by atoms with Gasteiger partial charge in [-0.2, -0.15) is 0 Å². The van der Waals surface area contributed by atoms with Gasteiger partial charge in [0.2, 0.25) is 0 Å². The van der Waals surface area contributed by atoms with E-state index in [1.807, 2.05) is 19.1 Å². The minimum Gasteiger partial charge on any atom is -0.410 e. The molecule has 0 fully saturated rings. The van der Waals surface area contributed by atoms with Crippen LogP contribution in [-0.4, -0.2) is 11.2 Å². The SMILES string of the molecule is Cc1ccc(OC(=O)NC(=S)Nc2ccc(Cl)cc2)cc1. The molecule has 108 valence electrons. The largest absolute Gasteiger partial charge is 0.418 e. The van der Waals surface area contributed by atoms with Crippen LogP contribution in [-0.2, 0) is 0 Å². The second kappa shape index (κ2) is 7.06. The number of halogens is 1. The zero-order chi connectivity index (χ0) is 15.2. The normalized spacial score (nSPS) is 9.81. The van der Waals surface area contributed by atoms with Crippen molar-refractivity contribution in [1.82, 2.24) is 5.32 Å². The number of carbonyl (C=O) groups is 1. The Morgan fingerprint density at radius 2 is 1.71 bits per heavy atom. The summed E-state index contributed by atoms with van der Waals surface area (Å²) in [5.41, 5.74) is 1.81. The molecular weight excluding hydrogens is 308 g/mol. The van der Waals surface area contributed by atoms with E-state index in [-0.39, 0.29) is 5.11 Å².